The molecule has 352 valence electrons. The molecule has 8 heterocycles. The fraction of sp³-hybridized carbons (Fsp3) is 0.300. The number of rotatable bonds is 6. The molecule has 0 bridgehead atoms. The Hall–Kier alpha value is -7.76. The van der Waals surface area contributed by atoms with Crippen LogP contribution in [0.3, 0.4) is 0 Å². The molecule has 0 spiro atoms. The van der Waals surface area contributed by atoms with Crippen LogP contribution in [-0.4, -0.2) is 106 Å². The number of hydrogen-bond donors (Lipinski definition) is 5. The smallest absolute Gasteiger partial charge is 0.328 e. The van der Waals surface area contributed by atoms with Crippen molar-refractivity contribution < 1.29 is 15.3 Å². The second kappa shape index (κ2) is 17.3. The van der Waals surface area contributed by atoms with Gasteiger partial charge in [-0.05, 0) is 99.0 Å². The molecule has 0 amide bonds. The Kier molecular flexibility index (Phi) is 10.8. The molecule has 1 unspecified atom stereocenters. The minimum Gasteiger partial charge on any atom is -0.393 e. The maximum absolute atomic E-state index is 13.4. The highest BCUT2D eigenvalue weighted by molar-refractivity contribution is 6.31. The van der Waals surface area contributed by atoms with Crippen molar-refractivity contribution in [3.8, 4) is 23.2 Å². The fourth-order valence-electron chi connectivity index (χ4n) is 10.5. The number of nitrogens with zero attached hydrogens (tertiary/aromatic N) is 13. The SMILES string of the molecule is CC1Nc2c(-c3ccncc3)nc(-n3cnc4ccc(Cl)cc43)nc2N1C1CCC(O)CC1.[C-]#[N+]c1ccc2ncn(-c3nc(N4CC(O)C4)c4[nH]c(=O)n([C@@H]5CC[C@@H](O)c6ccccc65)c4n3)c2c1. The van der Waals surface area contributed by atoms with Crippen LogP contribution in [0.2, 0.25) is 5.02 Å². The third kappa shape index (κ3) is 7.47. The summed E-state index contributed by atoms with van der Waals surface area (Å²) in [5.41, 5.74) is 8.56. The van der Waals surface area contributed by atoms with Crippen LogP contribution >= 0.6 is 11.6 Å². The van der Waals surface area contributed by atoms with Crippen LogP contribution in [0.25, 0.3) is 61.2 Å². The molecule has 2 aliphatic heterocycles. The van der Waals surface area contributed by atoms with Crippen molar-refractivity contribution in [1.82, 2.24) is 53.6 Å². The molecular formula is C50H46ClN15O4. The van der Waals surface area contributed by atoms with Gasteiger partial charge in [0, 0.05) is 42.1 Å². The van der Waals surface area contributed by atoms with Crippen molar-refractivity contribution in [3.05, 3.63) is 136 Å². The van der Waals surface area contributed by atoms with E-state index in [1.807, 2.05) is 64.1 Å². The first-order valence-electron chi connectivity index (χ1n) is 23.4. The van der Waals surface area contributed by atoms with Gasteiger partial charge in [-0.1, -0.05) is 41.9 Å². The first-order valence-corrected chi connectivity index (χ1v) is 23.7. The van der Waals surface area contributed by atoms with Crippen LogP contribution in [0.15, 0.2) is 103 Å². The monoisotopic (exact) mass is 955 g/mol. The van der Waals surface area contributed by atoms with Crippen LogP contribution in [-0.2, 0) is 0 Å². The average molecular weight is 956 g/mol. The Balaban J connectivity index is 0.000000145. The summed E-state index contributed by atoms with van der Waals surface area (Å²) in [6, 6.07) is 22.4. The first-order chi connectivity index (χ1) is 34.1. The van der Waals surface area contributed by atoms with Crippen molar-refractivity contribution in [3.63, 3.8) is 0 Å². The molecule has 0 radical (unpaired) electrons. The summed E-state index contributed by atoms with van der Waals surface area (Å²) in [6.07, 6.45) is 10.3. The number of aliphatic hydroxyl groups excluding tert-OH is 3. The van der Waals surface area contributed by atoms with Gasteiger partial charge in [0.25, 0.3) is 0 Å². The lowest BCUT2D eigenvalue weighted by molar-refractivity contribution is 0.121. The fourth-order valence-corrected chi connectivity index (χ4v) is 10.6. The van der Waals surface area contributed by atoms with E-state index in [4.69, 9.17) is 38.1 Å². The normalized spacial score (nSPS) is 20.9. The maximum atomic E-state index is 13.4. The van der Waals surface area contributed by atoms with E-state index in [1.165, 1.54) is 0 Å². The number of halogens is 1. The lowest BCUT2D eigenvalue weighted by Crippen LogP contribution is -2.51. The van der Waals surface area contributed by atoms with Gasteiger partial charge in [-0.25, -0.2) is 24.6 Å². The zero-order valence-electron chi connectivity index (χ0n) is 37.8. The van der Waals surface area contributed by atoms with E-state index in [0.29, 0.717) is 82.6 Å². The number of aliphatic hydroxyl groups is 3. The van der Waals surface area contributed by atoms with Crippen molar-refractivity contribution in [1.29, 1.82) is 0 Å². The average Bonchev–Trinajstić information content (AvgIpc) is 4.15. The molecule has 9 aromatic rings. The number of benzene rings is 3. The van der Waals surface area contributed by atoms with Gasteiger partial charge >= 0.3 is 5.69 Å². The van der Waals surface area contributed by atoms with Gasteiger partial charge in [-0.2, -0.15) is 15.0 Å². The van der Waals surface area contributed by atoms with Crippen LogP contribution in [0.4, 0.5) is 23.0 Å². The molecule has 70 heavy (non-hydrogen) atoms. The third-order valence-corrected chi connectivity index (χ3v) is 14.2. The molecule has 6 aromatic heterocycles. The number of aromatic nitrogens is 11. The largest absolute Gasteiger partial charge is 0.393 e. The summed E-state index contributed by atoms with van der Waals surface area (Å²) in [5, 5.41) is 34.8. The maximum Gasteiger partial charge on any atom is 0.328 e. The quantitative estimate of drug-likeness (QED) is 0.106. The van der Waals surface area contributed by atoms with E-state index in [9.17, 15) is 20.1 Å². The summed E-state index contributed by atoms with van der Waals surface area (Å²) in [5.74, 6) is 2.26. The Labute approximate surface area is 404 Å². The molecule has 2 fully saturated rings. The van der Waals surface area contributed by atoms with Crippen LogP contribution in [0.1, 0.15) is 68.7 Å². The molecule has 3 atom stereocenters. The zero-order chi connectivity index (χ0) is 47.8. The minimum atomic E-state index is -0.578. The van der Waals surface area contributed by atoms with Crippen molar-refractivity contribution in [2.75, 3.05) is 28.2 Å². The molecule has 19 nitrogen and oxygen atoms in total. The van der Waals surface area contributed by atoms with Gasteiger partial charge in [0.2, 0.25) is 11.9 Å². The van der Waals surface area contributed by atoms with E-state index in [0.717, 1.165) is 70.6 Å². The number of pyridine rings is 1. The molecule has 13 rings (SSSR count). The highest BCUT2D eigenvalue weighted by atomic mass is 35.5. The van der Waals surface area contributed by atoms with Gasteiger partial charge in [0.15, 0.2) is 23.0 Å². The summed E-state index contributed by atoms with van der Waals surface area (Å²) < 4.78 is 5.25. The molecule has 3 aromatic carbocycles. The lowest BCUT2D eigenvalue weighted by atomic mass is 9.85. The van der Waals surface area contributed by atoms with Gasteiger partial charge in [0.1, 0.15) is 29.6 Å². The zero-order valence-corrected chi connectivity index (χ0v) is 38.6. The van der Waals surface area contributed by atoms with Gasteiger partial charge in [-0.3, -0.25) is 18.7 Å². The Morgan fingerprint density at radius 2 is 1.44 bits per heavy atom. The first kappa shape index (κ1) is 43.5. The van der Waals surface area contributed by atoms with E-state index in [1.54, 1.807) is 52.4 Å². The van der Waals surface area contributed by atoms with Crippen LogP contribution in [0.5, 0.6) is 0 Å². The van der Waals surface area contributed by atoms with Gasteiger partial charge in [-0.15, -0.1) is 0 Å². The number of H-pyrrole nitrogens is 1. The topological polar surface area (TPSA) is 221 Å². The van der Waals surface area contributed by atoms with E-state index >= 15 is 0 Å². The highest BCUT2D eigenvalue weighted by Gasteiger charge is 2.38. The van der Waals surface area contributed by atoms with Crippen LogP contribution in [0, 0.1) is 6.57 Å². The lowest BCUT2D eigenvalue weighted by Gasteiger charge is -2.37. The number of hydrogen-bond acceptors (Lipinski definition) is 14. The van der Waals surface area contributed by atoms with Gasteiger partial charge < -0.3 is 35.4 Å². The molecule has 1 saturated heterocycles. The summed E-state index contributed by atoms with van der Waals surface area (Å²) in [4.78, 5) is 57.0. The van der Waals surface area contributed by atoms with E-state index in [-0.39, 0.29) is 24.0 Å². The summed E-state index contributed by atoms with van der Waals surface area (Å²) in [7, 11) is 0. The molecule has 2 aliphatic carbocycles. The molecule has 1 saturated carbocycles. The van der Waals surface area contributed by atoms with Crippen molar-refractivity contribution in [2.45, 2.75) is 82.0 Å². The Morgan fingerprint density at radius 3 is 2.17 bits per heavy atom. The number of fused-ring (bicyclic) bond motifs is 5. The molecular weight excluding hydrogens is 910 g/mol. The number of aromatic amines is 1. The van der Waals surface area contributed by atoms with Gasteiger partial charge in [0.05, 0.1) is 59.2 Å². The van der Waals surface area contributed by atoms with E-state index < -0.39 is 12.2 Å². The third-order valence-electron chi connectivity index (χ3n) is 13.9. The Bertz CT molecular complexity index is 3570. The summed E-state index contributed by atoms with van der Waals surface area (Å²) >= 11 is 6.28. The predicted molar refractivity (Wildman–Crippen MR) is 265 cm³/mol. The standard InChI is InChI=1S/C26H22N8O3.C24H24ClN7O/c1-27-14-6-7-18-20(10-14)33(13-28-18)25-30-23(32-11-15(35)12-32)22-24(31-25)34(26(37)29-22)19-8-9-21(36)17-5-3-2-4-16(17)19;1-14-28-22-21(15-8-10-26-11-9-15)29-24(31-13-27-19-7-2-16(25)12-20(19)31)30-23(22)32(14)17-3-5-18(33)6-4-17/h2-7,10,13,15,19,21,35-36H,8-9,11-12H2,(H,29,37);2,7-14,17-18,28,33H,3-6H2,1H3/t19-,21-;/m1./s1. The molecule has 5 N–H and O–H groups in total. The number of β-amino-alcohol motifs (C(OH)–C–C–N with tert-alkyl or cyclic N) is 1. The highest BCUT2D eigenvalue weighted by Crippen LogP contribution is 2.44. The number of anilines is 3. The minimum absolute atomic E-state index is 0.0688. The second-order valence-electron chi connectivity index (χ2n) is 18.3. The predicted octanol–water partition coefficient (Wildman–Crippen LogP) is 7.02. The second-order valence-corrected chi connectivity index (χ2v) is 18.7. The molecule has 4 aliphatic rings. The van der Waals surface area contributed by atoms with Crippen molar-refractivity contribution in [2.24, 2.45) is 0 Å². The number of imidazole rings is 3. The number of nitrogens with one attached hydrogen (secondary N) is 2. The Morgan fingerprint density at radius 1 is 0.757 bits per heavy atom. The molecule has 20 heteroatoms. The van der Waals surface area contributed by atoms with E-state index in [2.05, 4.69) is 41.9 Å². The summed E-state index contributed by atoms with van der Waals surface area (Å²) in [6.45, 7) is 10.3. The van der Waals surface area contributed by atoms with Crippen LogP contribution < -0.4 is 20.8 Å². The van der Waals surface area contributed by atoms with Crippen molar-refractivity contribution >= 4 is 67.8 Å².